The molecule has 7 nitrogen and oxygen atoms in total. The molecule has 0 aromatic heterocycles. The monoisotopic (exact) mass is 533 g/mol. The summed E-state index contributed by atoms with van der Waals surface area (Å²) in [5, 5.41) is 5.42. The van der Waals surface area contributed by atoms with Crippen molar-refractivity contribution in [2.75, 3.05) is 4.90 Å². The number of ether oxygens (including phenoxy) is 1. The zero-order valence-corrected chi connectivity index (χ0v) is 22.2. The number of hydrogen-bond acceptors (Lipinski definition) is 4. The van der Waals surface area contributed by atoms with Crippen molar-refractivity contribution in [2.45, 2.75) is 78.4 Å². The summed E-state index contributed by atoms with van der Waals surface area (Å²) in [5.41, 5.74) is 0.971. The number of amides is 3. The Morgan fingerprint density at radius 1 is 1.05 bits per heavy atom. The highest BCUT2D eigenvalue weighted by atomic mass is 19.4. The van der Waals surface area contributed by atoms with Crippen molar-refractivity contribution in [1.82, 2.24) is 10.6 Å². The standard InChI is InChI=1S/C28H34F3N3O4/c1-17(2)34-22-12-8-6-10-18(22)14-15-20(25(34)36)32-24(35)21(33-26(37)27(3,4)5)16-19-11-7-9-13-23(19)38-28(29,30)31/h6-13,17,20-21H,14-16H2,1-5H3,(H,32,35)(H,33,37)/t20-,21-/m1/s1. The lowest BCUT2D eigenvalue weighted by atomic mass is 9.94. The predicted molar refractivity (Wildman–Crippen MR) is 138 cm³/mol. The molecule has 38 heavy (non-hydrogen) atoms. The van der Waals surface area contributed by atoms with Crippen molar-refractivity contribution in [1.29, 1.82) is 0 Å². The second kappa shape index (κ2) is 11.4. The van der Waals surface area contributed by atoms with Crippen LogP contribution in [0.2, 0.25) is 0 Å². The molecule has 1 aliphatic heterocycles. The van der Waals surface area contributed by atoms with Gasteiger partial charge >= 0.3 is 6.36 Å². The Balaban J connectivity index is 1.89. The second-order valence-electron chi connectivity index (χ2n) is 10.7. The van der Waals surface area contributed by atoms with Gasteiger partial charge in [-0.3, -0.25) is 14.4 Å². The maximum Gasteiger partial charge on any atom is 0.573 e. The molecular weight excluding hydrogens is 499 g/mol. The predicted octanol–water partition coefficient (Wildman–Crippen LogP) is 4.53. The first-order valence-corrected chi connectivity index (χ1v) is 12.5. The van der Waals surface area contributed by atoms with Crippen LogP contribution in [0, 0.1) is 5.41 Å². The Hall–Kier alpha value is -3.56. The van der Waals surface area contributed by atoms with Gasteiger partial charge in [-0.05, 0) is 49.9 Å². The summed E-state index contributed by atoms with van der Waals surface area (Å²) in [4.78, 5) is 41.5. The van der Waals surface area contributed by atoms with Crippen LogP contribution in [0.25, 0.3) is 0 Å². The highest BCUT2D eigenvalue weighted by Crippen LogP contribution is 2.30. The third-order valence-corrected chi connectivity index (χ3v) is 6.25. The van der Waals surface area contributed by atoms with Gasteiger partial charge in [0.05, 0.1) is 0 Å². The zero-order valence-electron chi connectivity index (χ0n) is 22.2. The van der Waals surface area contributed by atoms with Crippen LogP contribution < -0.4 is 20.3 Å². The Morgan fingerprint density at radius 3 is 2.32 bits per heavy atom. The SMILES string of the molecule is CC(C)N1C(=O)[C@H](NC(=O)[C@@H](Cc2ccccc2OC(F)(F)F)NC(=O)C(C)(C)C)CCc2ccccc21. The number of rotatable bonds is 7. The fraction of sp³-hybridized carbons (Fsp3) is 0.464. The van der Waals surface area contributed by atoms with E-state index in [1.165, 1.54) is 18.2 Å². The van der Waals surface area contributed by atoms with Crippen LogP contribution in [-0.4, -0.2) is 42.2 Å². The van der Waals surface area contributed by atoms with E-state index < -0.39 is 41.4 Å². The average Bonchev–Trinajstić information content (AvgIpc) is 2.94. The number of fused-ring (bicyclic) bond motifs is 1. The molecule has 2 atom stereocenters. The smallest absolute Gasteiger partial charge is 0.406 e. The first-order chi connectivity index (χ1) is 17.7. The molecule has 0 saturated carbocycles. The minimum absolute atomic E-state index is 0.0857. The van der Waals surface area contributed by atoms with Crippen LogP contribution in [0.3, 0.4) is 0 Å². The van der Waals surface area contributed by atoms with Gasteiger partial charge in [0, 0.05) is 23.6 Å². The van der Waals surface area contributed by atoms with Gasteiger partial charge in [-0.2, -0.15) is 0 Å². The van der Waals surface area contributed by atoms with E-state index in [1.807, 2.05) is 38.1 Å². The molecule has 0 bridgehead atoms. The maximum atomic E-state index is 13.5. The van der Waals surface area contributed by atoms with Crippen molar-refractivity contribution in [3.05, 3.63) is 59.7 Å². The number of hydrogen-bond donors (Lipinski definition) is 2. The molecule has 3 amide bonds. The summed E-state index contributed by atoms with van der Waals surface area (Å²) >= 11 is 0. The van der Waals surface area contributed by atoms with Gasteiger partial charge in [0.15, 0.2) is 0 Å². The van der Waals surface area contributed by atoms with Gasteiger partial charge in [0.25, 0.3) is 0 Å². The first-order valence-electron chi connectivity index (χ1n) is 12.5. The fourth-order valence-electron chi connectivity index (χ4n) is 4.31. The highest BCUT2D eigenvalue weighted by molar-refractivity contribution is 6.01. The van der Waals surface area contributed by atoms with E-state index in [4.69, 9.17) is 0 Å². The van der Waals surface area contributed by atoms with Gasteiger partial charge in [-0.25, -0.2) is 0 Å². The van der Waals surface area contributed by atoms with E-state index in [0.717, 1.165) is 17.3 Å². The van der Waals surface area contributed by atoms with Gasteiger partial charge in [0.2, 0.25) is 17.7 Å². The molecule has 1 heterocycles. The highest BCUT2D eigenvalue weighted by Gasteiger charge is 2.36. The van der Waals surface area contributed by atoms with Crippen LogP contribution in [0.15, 0.2) is 48.5 Å². The molecule has 0 radical (unpaired) electrons. The van der Waals surface area contributed by atoms with Crippen LogP contribution >= 0.6 is 0 Å². The number of benzene rings is 2. The molecular formula is C28H34F3N3O4. The summed E-state index contributed by atoms with van der Waals surface area (Å²) in [5.74, 6) is -1.89. The number of alkyl halides is 3. The Kier molecular flexibility index (Phi) is 8.74. The third kappa shape index (κ3) is 7.26. The normalized spacial score (nSPS) is 16.9. The lowest BCUT2D eigenvalue weighted by Gasteiger charge is -2.31. The number of nitrogens with zero attached hydrogens (tertiary/aromatic N) is 1. The van der Waals surface area contributed by atoms with E-state index in [9.17, 15) is 27.6 Å². The topological polar surface area (TPSA) is 87.7 Å². The van der Waals surface area contributed by atoms with Gasteiger partial charge in [0.1, 0.15) is 17.8 Å². The van der Waals surface area contributed by atoms with Gasteiger partial charge in [-0.1, -0.05) is 57.2 Å². The molecule has 2 aromatic carbocycles. The average molecular weight is 534 g/mol. The van der Waals surface area contributed by atoms with Crippen molar-refractivity contribution < 1.29 is 32.3 Å². The van der Waals surface area contributed by atoms with Crippen molar-refractivity contribution in [3.63, 3.8) is 0 Å². The van der Waals surface area contributed by atoms with E-state index in [-0.39, 0.29) is 23.9 Å². The summed E-state index contributed by atoms with van der Waals surface area (Å²) in [7, 11) is 0. The minimum Gasteiger partial charge on any atom is -0.406 e. The lowest BCUT2D eigenvalue weighted by Crippen LogP contribution is -2.56. The lowest BCUT2D eigenvalue weighted by molar-refractivity contribution is -0.274. The van der Waals surface area contributed by atoms with Crippen LogP contribution in [0.4, 0.5) is 18.9 Å². The minimum atomic E-state index is -4.93. The molecule has 0 unspecified atom stereocenters. The van der Waals surface area contributed by atoms with E-state index in [2.05, 4.69) is 15.4 Å². The van der Waals surface area contributed by atoms with Gasteiger partial charge < -0.3 is 20.3 Å². The quantitative estimate of drug-likeness (QED) is 0.548. The van der Waals surface area contributed by atoms with Crippen LogP contribution in [-0.2, 0) is 27.2 Å². The molecule has 2 N–H and O–H groups in total. The Labute approximate surface area is 220 Å². The number of para-hydroxylation sites is 2. The first kappa shape index (κ1) is 29.0. The number of anilines is 1. The molecule has 0 saturated heterocycles. The Morgan fingerprint density at radius 2 is 1.68 bits per heavy atom. The van der Waals surface area contributed by atoms with Crippen molar-refractivity contribution >= 4 is 23.4 Å². The number of carbonyl (C=O) groups is 3. The van der Waals surface area contributed by atoms with Crippen LogP contribution in [0.5, 0.6) is 5.75 Å². The largest absolute Gasteiger partial charge is 0.573 e. The number of halogens is 3. The van der Waals surface area contributed by atoms with Crippen molar-refractivity contribution in [3.8, 4) is 5.75 Å². The molecule has 3 rings (SSSR count). The van der Waals surface area contributed by atoms with Crippen molar-refractivity contribution in [2.24, 2.45) is 5.41 Å². The summed E-state index contributed by atoms with van der Waals surface area (Å²) in [6.45, 7) is 8.73. The maximum absolute atomic E-state index is 13.5. The third-order valence-electron chi connectivity index (χ3n) is 6.25. The second-order valence-corrected chi connectivity index (χ2v) is 10.7. The fourth-order valence-corrected chi connectivity index (χ4v) is 4.31. The molecule has 10 heteroatoms. The van der Waals surface area contributed by atoms with Gasteiger partial charge in [-0.15, -0.1) is 13.2 Å². The van der Waals surface area contributed by atoms with E-state index in [1.54, 1.807) is 25.7 Å². The summed E-state index contributed by atoms with van der Waals surface area (Å²) in [6, 6.07) is 10.7. The molecule has 1 aliphatic rings. The van der Waals surface area contributed by atoms with Crippen LogP contribution in [0.1, 0.15) is 52.2 Å². The molecule has 0 fully saturated rings. The molecule has 0 aliphatic carbocycles. The number of aryl methyl sites for hydroxylation is 1. The Bertz CT molecular complexity index is 1170. The van der Waals surface area contributed by atoms with E-state index in [0.29, 0.717) is 12.8 Å². The summed E-state index contributed by atoms with van der Waals surface area (Å²) in [6.07, 6.45) is -4.32. The summed E-state index contributed by atoms with van der Waals surface area (Å²) < 4.78 is 43.1. The number of nitrogens with one attached hydrogen (secondary N) is 2. The molecule has 2 aromatic rings. The zero-order chi connectivity index (χ0) is 28.3. The van der Waals surface area contributed by atoms with E-state index >= 15 is 0 Å². The molecule has 206 valence electrons. The number of carbonyl (C=O) groups excluding carboxylic acids is 3. The molecule has 0 spiro atoms.